The monoisotopic (exact) mass is 549 g/mol. The molecule has 1 saturated carbocycles. The Kier molecular flexibility index (Phi) is 5.37. The van der Waals surface area contributed by atoms with E-state index >= 15 is 0 Å². The fourth-order valence-corrected chi connectivity index (χ4v) is 6.68. The number of fused-ring (bicyclic) bond motifs is 7. The number of ether oxygens (including phenoxy) is 1. The highest BCUT2D eigenvalue weighted by Gasteiger charge is 2.48. The van der Waals surface area contributed by atoms with E-state index in [0.717, 1.165) is 37.3 Å². The second-order valence-electron chi connectivity index (χ2n) is 11.7. The first kappa shape index (κ1) is 24.4. The molecule has 8 rings (SSSR count). The summed E-state index contributed by atoms with van der Waals surface area (Å²) >= 11 is 0. The first-order valence-corrected chi connectivity index (χ1v) is 14.3. The van der Waals surface area contributed by atoms with Crippen LogP contribution in [0.5, 0.6) is 5.75 Å². The highest BCUT2D eigenvalue weighted by molar-refractivity contribution is 5.98. The Morgan fingerprint density at radius 1 is 1.07 bits per heavy atom. The maximum Gasteiger partial charge on any atom is 0.278 e. The van der Waals surface area contributed by atoms with Gasteiger partial charge in [-0.3, -0.25) is 9.59 Å². The number of hydrogen-bond donors (Lipinski definition) is 1. The van der Waals surface area contributed by atoms with E-state index in [1.54, 1.807) is 15.8 Å². The molecule has 5 heterocycles. The number of nitrogens with one attached hydrogen (secondary N) is 1. The van der Waals surface area contributed by atoms with Crippen molar-refractivity contribution in [1.29, 1.82) is 0 Å². The van der Waals surface area contributed by atoms with E-state index in [4.69, 9.17) is 9.72 Å². The summed E-state index contributed by atoms with van der Waals surface area (Å²) in [6.45, 7) is 3.09. The van der Waals surface area contributed by atoms with Crippen molar-refractivity contribution in [1.82, 2.24) is 24.2 Å². The van der Waals surface area contributed by atoms with Gasteiger partial charge in [-0.05, 0) is 74.2 Å². The minimum atomic E-state index is -0.163. The van der Waals surface area contributed by atoms with Crippen LogP contribution in [0.4, 0.5) is 17.3 Å². The Bertz CT molecular complexity index is 1820. The molecule has 3 aliphatic heterocycles. The van der Waals surface area contributed by atoms with Crippen LogP contribution in [-0.4, -0.2) is 56.9 Å². The van der Waals surface area contributed by atoms with Gasteiger partial charge in [-0.2, -0.15) is 4.98 Å². The number of nitrogens with zero attached hydrogens (tertiary/aromatic N) is 6. The van der Waals surface area contributed by atoms with Gasteiger partial charge in [0.2, 0.25) is 5.95 Å². The lowest BCUT2D eigenvalue weighted by atomic mass is 9.87. The molecule has 208 valence electrons. The zero-order chi connectivity index (χ0) is 27.7. The average molecular weight is 550 g/mol. The van der Waals surface area contributed by atoms with Crippen LogP contribution in [0.2, 0.25) is 0 Å². The molecule has 1 amide bonds. The van der Waals surface area contributed by atoms with Crippen molar-refractivity contribution < 1.29 is 9.53 Å². The Hall–Kier alpha value is -4.44. The second kappa shape index (κ2) is 9.04. The zero-order valence-corrected chi connectivity index (χ0v) is 23.0. The highest BCUT2D eigenvalue weighted by atomic mass is 16.5. The van der Waals surface area contributed by atoms with Gasteiger partial charge in [0.25, 0.3) is 11.5 Å². The van der Waals surface area contributed by atoms with Gasteiger partial charge >= 0.3 is 0 Å². The molecule has 1 spiro atoms. The smallest absolute Gasteiger partial charge is 0.278 e. The molecule has 2 aromatic heterocycles. The molecule has 2 bridgehead atoms. The maximum absolute atomic E-state index is 13.6. The van der Waals surface area contributed by atoms with Crippen LogP contribution in [-0.2, 0) is 23.3 Å². The number of aromatic nitrogens is 4. The predicted molar refractivity (Wildman–Crippen MR) is 156 cm³/mol. The van der Waals surface area contributed by atoms with E-state index in [0.29, 0.717) is 41.5 Å². The topological polar surface area (TPSA) is 97.5 Å². The number of anilines is 3. The lowest BCUT2D eigenvalue weighted by Crippen LogP contribution is -2.39. The molecule has 10 heteroatoms. The van der Waals surface area contributed by atoms with Crippen LogP contribution in [0.25, 0.3) is 16.7 Å². The van der Waals surface area contributed by atoms with Crippen LogP contribution in [0, 0.1) is 0 Å². The van der Waals surface area contributed by atoms with E-state index in [1.165, 1.54) is 24.0 Å². The van der Waals surface area contributed by atoms with Gasteiger partial charge in [0.05, 0.1) is 17.9 Å². The summed E-state index contributed by atoms with van der Waals surface area (Å²) in [4.78, 5) is 39.9. The van der Waals surface area contributed by atoms with E-state index in [-0.39, 0.29) is 23.5 Å². The quantitative estimate of drug-likeness (QED) is 0.379. The Balaban J connectivity index is 1.24. The fourth-order valence-electron chi connectivity index (χ4n) is 6.68. The molecule has 0 saturated heterocycles. The Morgan fingerprint density at radius 2 is 1.98 bits per heavy atom. The summed E-state index contributed by atoms with van der Waals surface area (Å²) in [5.74, 6) is 1.02. The lowest BCUT2D eigenvalue weighted by molar-refractivity contribution is -0.121. The third kappa shape index (κ3) is 3.96. The summed E-state index contributed by atoms with van der Waals surface area (Å²) in [7, 11) is 2.19. The van der Waals surface area contributed by atoms with Gasteiger partial charge < -0.3 is 19.9 Å². The van der Waals surface area contributed by atoms with Crippen molar-refractivity contribution in [3.8, 4) is 11.4 Å². The summed E-state index contributed by atoms with van der Waals surface area (Å²) in [6.07, 6.45) is 9.74. The molecule has 1 N–H and O–H groups in total. The van der Waals surface area contributed by atoms with Crippen LogP contribution < -0.4 is 20.5 Å². The maximum atomic E-state index is 13.6. The van der Waals surface area contributed by atoms with Gasteiger partial charge in [0, 0.05) is 36.9 Å². The fraction of sp³-hybridized carbons (Fsp3) is 0.355. The molecule has 0 radical (unpaired) electrons. The van der Waals surface area contributed by atoms with Crippen molar-refractivity contribution in [3.63, 3.8) is 0 Å². The van der Waals surface area contributed by atoms with Crippen LogP contribution in [0.15, 0.2) is 59.5 Å². The number of hydrogen-bond acceptors (Lipinski definition) is 7. The molecule has 1 aliphatic carbocycles. The van der Waals surface area contributed by atoms with Crippen LogP contribution in [0.1, 0.15) is 36.8 Å². The molecular formula is C31H31N7O3. The average Bonchev–Trinajstić information content (AvgIpc) is 3.67. The highest BCUT2D eigenvalue weighted by Crippen LogP contribution is 2.52. The molecule has 0 atom stereocenters. The molecule has 2 aromatic carbocycles. The van der Waals surface area contributed by atoms with Gasteiger partial charge in [0.1, 0.15) is 11.1 Å². The minimum Gasteiger partial charge on any atom is -0.482 e. The van der Waals surface area contributed by atoms with Crippen LogP contribution in [0.3, 0.4) is 0 Å². The van der Waals surface area contributed by atoms with Crippen molar-refractivity contribution >= 4 is 34.3 Å². The normalized spacial score (nSPS) is 20.0. The van der Waals surface area contributed by atoms with Crippen molar-refractivity contribution in [3.05, 3.63) is 76.2 Å². The van der Waals surface area contributed by atoms with E-state index in [9.17, 15) is 9.59 Å². The molecule has 1 fully saturated rings. The summed E-state index contributed by atoms with van der Waals surface area (Å²) in [6, 6.07) is 12.2. The van der Waals surface area contributed by atoms with Crippen molar-refractivity contribution in [2.24, 2.45) is 0 Å². The number of carbonyl (C=O) groups is 1. The Morgan fingerprint density at radius 3 is 2.85 bits per heavy atom. The predicted octanol–water partition coefficient (Wildman–Crippen LogP) is 3.88. The number of benzene rings is 2. The summed E-state index contributed by atoms with van der Waals surface area (Å²) in [5, 5.41) is 3.84. The van der Waals surface area contributed by atoms with Gasteiger partial charge in [-0.25, -0.2) is 14.3 Å². The van der Waals surface area contributed by atoms with Gasteiger partial charge in [-0.15, -0.1) is 0 Å². The third-order valence-corrected chi connectivity index (χ3v) is 8.81. The van der Waals surface area contributed by atoms with Crippen LogP contribution >= 0.6 is 0 Å². The molecule has 4 aliphatic rings. The minimum absolute atomic E-state index is 0.0299. The SMILES string of the molecule is CN1Cc2ccc(Nc3ncc4c(=O)n5n(c4n3)-c3ccc4c(c3)N(CCC/C=C\C5)C(=O)CO4)cc2C2(CC2)C1. The van der Waals surface area contributed by atoms with E-state index in [2.05, 4.69) is 46.5 Å². The molecule has 0 unspecified atom stereocenters. The van der Waals surface area contributed by atoms with E-state index < -0.39 is 0 Å². The van der Waals surface area contributed by atoms with Crippen molar-refractivity contribution in [2.45, 2.75) is 44.2 Å². The zero-order valence-electron chi connectivity index (χ0n) is 23.0. The van der Waals surface area contributed by atoms with E-state index in [1.807, 2.05) is 29.0 Å². The molecule has 4 aromatic rings. The number of rotatable bonds is 2. The first-order valence-electron chi connectivity index (χ1n) is 14.3. The standard InChI is InChI=1S/C31H31N7O3/c1-35-17-20-6-7-21(14-24(20)31(19-35)10-11-31)33-30-32-16-23-28(34-30)38-22-8-9-26-25(15-22)36(27(39)18-41-26)12-4-2-3-5-13-37(38)29(23)40/h3,5-9,14-16H,2,4,10-13,17-19H2,1H3,(H,32,33,34)/b5-3-. The first-order chi connectivity index (χ1) is 20.0. The number of likely N-dealkylation sites (N-methyl/N-ethyl adjacent to an activating group) is 1. The molecular weight excluding hydrogens is 518 g/mol. The van der Waals surface area contributed by atoms with Gasteiger partial charge in [-0.1, -0.05) is 18.2 Å². The number of allylic oxidation sites excluding steroid dienone is 2. The second-order valence-corrected chi connectivity index (χ2v) is 11.7. The molecule has 41 heavy (non-hydrogen) atoms. The third-order valence-electron chi connectivity index (χ3n) is 8.81. The van der Waals surface area contributed by atoms with Gasteiger partial charge in [0.15, 0.2) is 12.3 Å². The number of carbonyl (C=O) groups excluding carboxylic acids is 1. The summed E-state index contributed by atoms with van der Waals surface area (Å²) < 4.78 is 9.23. The lowest BCUT2D eigenvalue weighted by Gasteiger charge is -2.32. The van der Waals surface area contributed by atoms with Crippen molar-refractivity contribution in [2.75, 3.05) is 37.0 Å². The summed E-state index contributed by atoms with van der Waals surface area (Å²) in [5.41, 5.74) is 5.80. The largest absolute Gasteiger partial charge is 0.482 e. The Labute approximate surface area is 236 Å². The molecule has 10 nitrogen and oxygen atoms in total. The number of amides is 1.